The molecule has 2 aliphatic rings. The van der Waals surface area contributed by atoms with Crippen LogP contribution >= 0.6 is 0 Å². The molecule has 1 saturated heterocycles. The number of aromatic nitrogens is 4. The molecular weight excluding hydrogens is 316 g/mol. The average molecular weight is 344 g/mol. The monoisotopic (exact) mass is 344 g/mol. The lowest BCUT2D eigenvalue weighted by molar-refractivity contribution is 0.0179. The van der Waals surface area contributed by atoms with E-state index in [0.717, 1.165) is 52.4 Å². The van der Waals surface area contributed by atoms with Crippen LogP contribution in [0.15, 0.2) is 12.5 Å². The van der Waals surface area contributed by atoms with Crippen LogP contribution in [0.1, 0.15) is 22.6 Å². The molecule has 2 aliphatic heterocycles. The Morgan fingerprint density at radius 1 is 1.24 bits per heavy atom. The molecule has 0 N–H and O–H groups in total. The van der Waals surface area contributed by atoms with Crippen molar-refractivity contribution in [3.8, 4) is 0 Å². The van der Waals surface area contributed by atoms with Crippen LogP contribution in [0.4, 0.5) is 0 Å². The summed E-state index contributed by atoms with van der Waals surface area (Å²) in [7, 11) is 4.12. The molecule has 25 heavy (non-hydrogen) atoms. The minimum Gasteiger partial charge on any atom is -0.379 e. The highest BCUT2D eigenvalue weighted by Crippen LogP contribution is 2.25. The van der Waals surface area contributed by atoms with Crippen molar-refractivity contribution in [2.45, 2.75) is 32.5 Å². The molecule has 7 heteroatoms. The molecule has 0 amide bonds. The molecule has 136 valence electrons. The van der Waals surface area contributed by atoms with Crippen molar-refractivity contribution < 1.29 is 4.74 Å². The van der Waals surface area contributed by atoms with Gasteiger partial charge in [0.25, 0.3) is 0 Å². The first-order valence-electron chi connectivity index (χ1n) is 9.12. The standard InChI is InChI=1S/C18H28N6O/c1-14-15(9-20-22(14)3)10-24-12-17-18(21(2)13-19-17)8-16(24)11-23-4-6-25-7-5-23/h9,13,16H,4-8,10-12H2,1-3H3/t16-/m0/s1. The summed E-state index contributed by atoms with van der Waals surface area (Å²) in [5.41, 5.74) is 5.17. The summed E-state index contributed by atoms with van der Waals surface area (Å²) in [5.74, 6) is 0. The van der Waals surface area contributed by atoms with Gasteiger partial charge in [0.2, 0.25) is 0 Å². The fraction of sp³-hybridized carbons (Fsp3) is 0.667. The quantitative estimate of drug-likeness (QED) is 0.818. The molecule has 4 rings (SSSR count). The molecule has 2 aromatic heterocycles. The summed E-state index contributed by atoms with van der Waals surface area (Å²) >= 11 is 0. The summed E-state index contributed by atoms with van der Waals surface area (Å²) in [4.78, 5) is 9.74. The fourth-order valence-corrected chi connectivity index (χ4v) is 3.94. The zero-order valence-electron chi connectivity index (χ0n) is 15.5. The molecule has 1 atom stereocenters. The molecular formula is C18H28N6O. The second kappa shape index (κ2) is 6.90. The van der Waals surface area contributed by atoms with Crippen LogP contribution in [0.2, 0.25) is 0 Å². The first-order chi connectivity index (χ1) is 12.1. The molecule has 0 aliphatic carbocycles. The molecule has 4 heterocycles. The number of nitrogens with zero attached hydrogens (tertiary/aromatic N) is 6. The van der Waals surface area contributed by atoms with E-state index in [-0.39, 0.29) is 0 Å². The van der Waals surface area contributed by atoms with Crippen LogP contribution in [0.5, 0.6) is 0 Å². The lowest BCUT2D eigenvalue weighted by Crippen LogP contribution is -2.50. The second-order valence-corrected chi connectivity index (χ2v) is 7.30. The summed E-state index contributed by atoms with van der Waals surface area (Å²) in [6.45, 7) is 8.87. The van der Waals surface area contributed by atoms with E-state index in [4.69, 9.17) is 4.74 Å². The topological polar surface area (TPSA) is 51.4 Å². The summed E-state index contributed by atoms with van der Waals surface area (Å²) < 4.78 is 9.66. The third kappa shape index (κ3) is 3.36. The molecule has 0 radical (unpaired) electrons. The van der Waals surface area contributed by atoms with Gasteiger partial charge in [0.1, 0.15) is 0 Å². The van der Waals surface area contributed by atoms with Crippen molar-refractivity contribution >= 4 is 0 Å². The normalized spacial score (nSPS) is 22.3. The number of hydrogen-bond acceptors (Lipinski definition) is 5. The minimum absolute atomic E-state index is 0.501. The number of aryl methyl sites for hydroxylation is 2. The van der Waals surface area contributed by atoms with Gasteiger partial charge in [-0.05, 0) is 6.92 Å². The smallest absolute Gasteiger partial charge is 0.0949 e. The van der Waals surface area contributed by atoms with Crippen molar-refractivity contribution in [2.24, 2.45) is 14.1 Å². The second-order valence-electron chi connectivity index (χ2n) is 7.30. The summed E-state index contributed by atoms with van der Waals surface area (Å²) in [6.07, 6.45) is 5.02. The van der Waals surface area contributed by atoms with Gasteiger partial charge in [-0.1, -0.05) is 0 Å². The SMILES string of the molecule is Cc1c(CN2Cc3ncn(C)c3C[C@H]2CN2CCOCC2)cnn1C. The first-order valence-corrected chi connectivity index (χ1v) is 9.12. The lowest BCUT2D eigenvalue weighted by atomic mass is 10.0. The Kier molecular flexibility index (Phi) is 4.62. The van der Waals surface area contributed by atoms with E-state index in [1.807, 2.05) is 24.3 Å². The number of ether oxygens (including phenoxy) is 1. The van der Waals surface area contributed by atoms with Crippen molar-refractivity contribution in [3.05, 3.63) is 35.2 Å². The van der Waals surface area contributed by atoms with E-state index in [2.05, 4.69) is 38.4 Å². The molecule has 2 aromatic rings. The highest BCUT2D eigenvalue weighted by Gasteiger charge is 2.31. The fourth-order valence-electron chi connectivity index (χ4n) is 3.94. The largest absolute Gasteiger partial charge is 0.379 e. The number of hydrogen-bond donors (Lipinski definition) is 0. The molecule has 0 spiro atoms. The van der Waals surface area contributed by atoms with Crippen LogP contribution in [0.25, 0.3) is 0 Å². The Hall–Kier alpha value is -1.70. The third-order valence-electron chi connectivity index (χ3n) is 5.73. The maximum atomic E-state index is 5.51. The van der Waals surface area contributed by atoms with Crippen LogP contribution in [-0.4, -0.2) is 68.0 Å². The van der Waals surface area contributed by atoms with E-state index in [1.165, 1.54) is 22.6 Å². The van der Waals surface area contributed by atoms with E-state index in [9.17, 15) is 0 Å². The summed E-state index contributed by atoms with van der Waals surface area (Å²) in [6, 6.07) is 0.501. The zero-order valence-corrected chi connectivity index (χ0v) is 15.5. The molecule has 1 fully saturated rings. The predicted octanol–water partition coefficient (Wildman–Crippen LogP) is 0.721. The highest BCUT2D eigenvalue weighted by atomic mass is 16.5. The number of rotatable bonds is 4. The van der Waals surface area contributed by atoms with Gasteiger partial charge in [0.15, 0.2) is 0 Å². The molecule has 0 aromatic carbocycles. The Morgan fingerprint density at radius 2 is 2.04 bits per heavy atom. The van der Waals surface area contributed by atoms with Crippen molar-refractivity contribution in [1.29, 1.82) is 0 Å². The number of imidazole rings is 1. The molecule has 0 unspecified atom stereocenters. The lowest BCUT2D eigenvalue weighted by Gasteiger charge is -2.39. The van der Waals surface area contributed by atoms with Gasteiger partial charge in [-0.2, -0.15) is 5.10 Å². The van der Waals surface area contributed by atoms with Gasteiger partial charge in [0.05, 0.1) is 31.4 Å². The zero-order chi connectivity index (χ0) is 17.4. The van der Waals surface area contributed by atoms with E-state index in [1.54, 1.807) is 0 Å². The van der Waals surface area contributed by atoms with Gasteiger partial charge in [-0.15, -0.1) is 0 Å². The van der Waals surface area contributed by atoms with Crippen LogP contribution in [0.3, 0.4) is 0 Å². The van der Waals surface area contributed by atoms with Crippen molar-refractivity contribution in [1.82, 2.24) is 29.1 Å². The van der Waals surface area contributed by atoms with Gasteiger partial charge >= 0.3 is 0 Å². The average Bonchev–Trinajstić information content (AvgIpc) is 3.13. The Labute approximate surface area is 149 Å². The van der Waals surface area contributed by atoms with Crippen LogP contribution in [-0.2, 0) is 38.3 Å². The van der Waals surface area contributed by atoms with Gasteiger partial charge in [0, 0.05) is 76.2 Å². The molecule has 0 bridgehead atoms. The first kappa shape index (κ1) is 16.8. The van der Waals surface area contributed by atoms with Gasteiger partial charge < -0.3 is 9.30 Å². The third-order valence-corrected chi connectivity index (χ3v) is 5.73. The molecule has 7 nitrogen and oxygen atoms in total. The highest BCUT2D eigenvalue weighted by molar-refractivity contribution is 5.21. The number of morpholine rings is 1. The maximum absolute atomic E-state index is 5.51. The van der Waals surface area contributed by atoms with E-state index >= 15 is 0 Å². The summed E-state index contributed by atoms with van der Waals surface area (Å²) in [5, 5.41) is 4.41. The minimum atomic E-state index is 0.501. The van der Waals surface area contributed by atoms with Crippen LogP contribution in [0, 0.1) is 6.92 Å². The van der Waals surface area contributed by atoms with E-state index in [0.29, 0.717) is 6.04 Å². The Morgan fingerprint density at radius 3 is 2.76 bits per heavy atom. The maximum Gasteiger partial charge on any atom is 0.0949 e. The predicted molar refractivity (Wildman–Crippen MR) is 95.2 cm³/mol. The molecule has 0 saturated carbocycles. The van der Waals surface area contributed by atoms with E-state index < -0.39 is 0 Å². The Balaban J connectivity index is 1.55. The van der Waals surface area contributed by atoms with Crippen LogP contribution < -0.4 is 0 Å². The van der Waals surface area contributed by atoms with Crippen molar-refractivity contribution in [3.63, 3.8) is 0 Å². The van der Waals surface area contributed by atoms with Gasteiger partial charge in [-0.3, -0.25) is 14.5 Å². The number of fused-ring (bicyclic) bond motifs is 1. The Bertz CT molecular complexity index is 730. The van der Waals surface area contributed by atoms with Gasteiger partial charge in [-0.25, -0.2) is 4.98 Å². The van der Waals surface area contributed by atoms with Crippen molar-refractivity contribution in [2.75, 3.05) is 32.8 Å².